The number of hydrogen-bond donors (Lipinski definition) is 1. The van der Waals surface area contributed by atoms with Crippen molar-refractivity contribution in [3.05, 3.63) is 93.9 Å². The molecule has 0 bridgehead atoms. The smallest absolute Gasteiger partial charge is 0.343 e. The molecule has 1 N–H and O–H groups in total. The predicted molar refractivity (Wildman–Crippen MR) is 120 cm³/mol. The summed E-state index contributed by atoms with van der Waals surface area (Å²) in [5.74, 6) is -1.48. The van der Waals surface area contributed by atoms with E-state index in [1.807, 2.05) is 30.3 Å². The first kappa shape index (κ1) is 21.6. The lowest BCUT2D eigenvalue weighted by Crippen LogP contribution is -2.32. The van der Waals surface area contributed by atoms with Crippen LogP contribution in [0.3, 0.4) is 0 Å². The number of carbonyl (C=O) groups is 2. The quantitative estimate of drug-likeness (QED) is 0.588. The van der Waals surface area contributed by atoms with E-state index in [4.69, 9.17) is 4.74 Å². The number of ether oxygens (including phenoxy) is 1. The number of aliphatic carboxylic acids is 1. The third kappa shape index (κ3) is 4.08. The Morgan fingerprint density at radius 3 is 2.28 bits per heavy atom. The number of rotatable bonds is 6. The van der Waals surface area contributed by atoms with E-state index in [9.17, 15) is 19.5 Å². The summed E-state index contributed by atoms with van der Waals surface area (Å²) in [5, 5.41) is 9.81. The maximum absolute atomic E-state index is 13.1. The normalized spacial score (nSPS) is 14.8. The molecule has 164 valence electrons. The molecule has 0 unspecified atom stereocenters. The molecule has 0 atom stereocenters. The monoisotopic (exact) mass is 431 g/mol. The Balaban J connectivity index is 1.62. The van der Waals surface area contributed by atoms with Gasteiger partial charge in [0, 0.05) is 25.0 Å². The summed E-state index contributed by atoms with van der Waals surface area (Å²) >= 11 is 0. The molecule has 4 rings (SSSR count). The van der Waals surface area contributed by atoms with Crippen molar-refractivity contribution in [2.24, 2.45) is 7.05 Å². The number of benzene rings is 2. The van der Waals surface area contributed by atoms with E-state index in [0.29, 0.717) is 24.0 Å². The van der Waals surface area contributed by atoms with Crippen molar-refractivity contribution in [2.75, 3.05) is 0 Å². The molecule has 1 aliphatic rings. The number of carbonyl (C=O) groups excluding carboxylic acids is 1. The number of carboxylic acid groups (broad SMARTS) is 1. The Morgan fingerprint density at radius 1 is 1.00 bits per heavy atom. The Hall–Kier alpha value is -3.67. The van der Waals surface area contributed by atoms with Gasteiger partial charge in [-0.25, -0.2) is 4.79 Å². The molecule has 32 heavy (non-hydrogen) atoms. The first-order chi connectivity index (χ1) is 15.4. The molecule has 6 nitrogen and oxygen atoms in total. The topological polar surface area (TPSA) is 85.6 Å². The SMILES string of the molecule is Cn1cc(C(=O)OCc2ccccc2)c(=O)c(-c2ccc(C3(C(=O)O)CCCC3)cc2)c1. The lowest BCUT2D eigenvalue weighted by molar-refractivity contribution is -0.143. The molecule has 1 fully saturated rings. The minimum absolute atomic E-state index is 0.0391. The van der Waals surface area contributed by atoms with E-state index in [0.717, 1.165) is 24.0 Å². The van der Waals surface area contributed by atoms with E-state index in [2.05, 4.69) is 0 Å². The summed E-state index contributed by atoms with van der Waals surface area (Å²) in [6, 6.07) is 16.4. The van der Waals surface area contributed by atoms with E-state index in [1.165, 1.54) is 6.20 Å². The third-order valence-corrected chi connectivity index (χ3v) is 6.20. The number of esters is 1. The molecule has 0 spiro atoms. The van der Waals surface area contributed by atoms with Crippen molar-refractivity contribution in [3.63, 3.8) is 0 Å². The van der Waals surface area contributed by atoms with Gasteiger partial charge in [0.05, 0.1) is 5.41 Å². The summed E-state index contributed by atoms with van der Waals surface area (Å²) in [4.78, 5) is 37.7. The van der Waals surface area contributed by atoms with Crippen molar-refractivity contribution >= 4 is 11.9 Å². The summed E-state index contributed by atoms with van der Waals surface area (Å²) < 4.78 is 7.00. The van der Waals surface area contributed by atoms with Crippen molar-refractivity contribution in [3.8, 4) is 11.1 Å². The fraction of sp³-hybridized carbons (Fsp3) is 0.269. The van der Waals surface area contributed by atoms with Gasteiger partial charge in [0.1, 0.15) is 12.2 Å². The Morgan fingerprint density at radius 2 is 1.66 bits per heavy atom. The number of aromatic nitrogens is 1. The van der Waals surface area contributed by atoms with E-state index >= 15 is 0 Å². The van der Waals surface area contributed by atoms with E-state index < -0.39 is 22.8 Å². The van der Waals surface area contributed by atoms with Crippen molar-refractivity contribution in [1.82, 2.24) is 4.57 Å². The highest BCUT2D eigenvalue weighted by molar-refractivity contribution is 5.90. The first-order valence-corrected chi connectivity index (χ1v) is 10.7. The molecule has 3 aromatic rings. The second-order valence-corrected chi connectivity index (χ2v) is 8.31. The van der Waals surface area contributed by atoms with Crippen LogP contribution in [0.1, 0.15) is 47.2 Å². The molecule has 6 heteroatoms. The summed E-state index contributed by atoms with van der Waals surface area (Å²) in [6.07, 6.45) is 6.14. The third-order valence-electron chi connectivity index (χ3n) is 6.20. The van der Waals surface area contributed by atoms with Crippen LogP contribution >= 0.6 is 0 Å². The van der Waals surface area contributed by atoms with Crippen molar-refractivity contribution < 1.29 is 19.4 Å². The van der Waals surface area contributed by atoms with Crippen LogP contribution in [0, 0.1) is 0 Å². The summed E-state index contributed by atoms with van der Waals surface area (Å²) in [7, 11) is 1.74. The van der Waals surface area contributed by atoms with Gasteiger partial charge in [-0.1, -0.05) is 67.4 Å². The van der Waals surface area contributed by atoms with Crippen molar-refractivity contribution in [2.45, 2.75) is 37.7 Å². The molecular weight excluding hydrogens is 406 g/mol. The minimum atomic E-state index is -0.855. The number of pyridine rings is 1. The fourth-order valence-electron chi connectivity index (χ4n) is 4.43. The van der Waals surface area contributed by atoms with Gasteiger partial charge < -0.3 is 14.4 Å². The van der Waals surface area contributed by atoms with Gasteiger partial charge in [-0.2, -0.15) is 0 Å². The van der Waals surface area contributed by atoms with Crippen LogP contribution in [0.2, 0.25) is 0 Å². The van der Waals surface area contributed by atoms with E-state index in [-0.39, 0.29) is 12.2 Å². The molecule has 1 saturated carbocycles. The molecular formula is C26H25NO5. The highest BCUT2D eigenvalue weighted by Gasteiger charge is 2.42. The highest BCUT2D eigenvalue weighted by atomic mass is 16.5. The average molecular weight is 431 g/mol. The standard InChI is InChI=1S/C26H25NO5/c1-27-15-21(19-9-11-20(12-10-19)26(25(30)31)13-5-6-14-26)23(28)22(16-27)24(29)32-17-18-7-3-2-4-8-18/h2-4,7-12,15-16H,5-6,13-14,17H2,1H3,(H,30,31). The van der Waals surface area contributed by atoms with Gasteiger partial charge in [-0.3, -0.25) is 9.59 Å². The zero-order valence-corrected chi connectivity index (χ0v) is 17.9. The zero-order valence-electron chi connectivity index (χ0n) is 17.9. The molecule has 2 aromatic carbocycles. The average Bonchev–Trinajstić information content (AvgIpc) is 3.31. The second-order valence-electron chi connectivity index (χ2n) is 8.31. The summed E-state index contributed by atoms with van der Waals surface area (Å²) in [6.45, 7) is 0.0824. The number of hydrogen-bond acceptors (Lipinski definition) is 4. The van der Waals surface area contributed by atoms with Crippen LogP contribution < -0.4 is 5.43 Å². The van der Waals surface area contributed by atoms with Gasteiger partial charge in [0.2, 0.25) is 5.43 Å². The lowest BCUT2D eigenvalue weighted by atomic mass is 9.78. The lowest BCUT2D eigenvalue weighted by Gasteiger charge is -2.24. The van der Waals surface area contributed by atoms with Gasteiger partial charge in [0.15, 0.2) is 0 Å². The molecule has 0 radical (unpaired) electrons. The minimum Gasteiger partial charge on any atom is -0.481 e. The Bertz CT molecular complexity index is 1190. The molecule has 1 aromatic heterocycles. The molecule has 0 amide bonds. The highest BCUT2D eigenvalue weighted by Crippen LogP contribution is 2.41. The predicted octanol–water partition coefficient (Wildman–Crippen LogP) is 4.31. The number of aryl methyl sites for hydroxylation is 1. The largest absolute Gasteiger partial charge is 0.481 e. The van der Waals surface area contributed by atoms with Crippen LogP contribution in [0.4, 0.5) is 0 Å². The Labute approximate surface area is 186 Å². The van der Waals surface area contributed by atoms with E-state index in [1.54, 1.807) is 42.1 Å². The van der Waals surface area contributed by atoms with Gasteiger partial charge in [-0.05, 0) is 29.5 Å². The van der Waals surface area contributed by atoms with Gasteiger partial charge >= 0.3 is 11.9 Å². The molecule has 0 aliphatic heterocycles. The molecule has 0 saturated heterocycles. The summed E-state index contributed by atoms with van der Waals surface area (Å²) in [5.41, 5.74) is 1.28. The molecule has 1 aliphatic carbocycles. The van der Waals surface area contributed by atoms with Crippen LogP contribution in [-0.2, 0) is 28.6 Å². The fourth-order valence-corrected chi connectivity index (χ4v) is 4.43. The zero-order chi connectivity index (χ0) is 22.7. The van der Waals surface area contributed by atoms with Crippen LogP contribution in [-0.4, -0.2) is 21.6 Å². The maximum atomic E-state index is 13.1. The van der Waals surface area contributed by atoms with Crippen LogP contribution in [0.25, 0.3) is 11.1 Å². The first-order valence-electron chi connectivity index (χ1n) is 10.7. The second kappa shape index (κ2) is 8.83. The van der Waals surface area contributed by atoms with Gasteiger partial charge in [-0.15, -0.1) is 0 Å². The van der Waals surface area contributed by atoms with Gasteiger partial charge in [0.25, 0.3) is 0 Å². The maximum Gasteiger partial charge on any atom is 0.343 e. The van der Waals surface area contributed by atoms with Crippen LogP contribution in [0.15, 0.2) is 71.8 Å². The molecule has 1 heterocycles. The number of nitrogens with zero attached hydrogens (tertiary/aromatic N) is 1. The Kier molecular flexibility index (Phi) is 5.95. The van der Waals surface area contributed by atoms with Crippen LogP contribution in [0.5, 0.6) is 0 Å². The van der Waals surface area contributed by atoms with Crippen molar-refractivity contribution in [1.29, 1.82) is 0 Å². The number of carboxylic acids is 1.